The van der Waals surface area contributed by atoms with Crippen molar-refractivity contribution in [2.45, 2.75) is 26.3 Å². The highest BCUT2D eigenvalue weighted by atomic mass is 32.1. The van der Waals surface area contributed by atoms with Gasteiger partial charge in [-0.05, 0) is 38.0 Å². The zero-order valence-electron chi connectivity index (χ0n) is 12.9. The van der Waals surface area contributed by atoms with Crippen LogP contribution in [0, 0.1) is 5.92 Å². The Labute approximate surface area is 133 Å². The maximum atomic E-state index is 12.0. The maximum absolute atomic E-state index is 12.0. The topological polar surface area (TPSA) is 52.8 Å². The molecule has 1 aromatic carbocycles. The van der Waals surface area contributed by atoms with E-state index >= 15 is 0 Å². The third-order valence-electron chi connectivity index (χ3n) is 3.62. The number of hydrogen-bond donors (Lipinski definition) is 0. The number of nitrogens with zero attached hydrogens (tertiary/aromatic N) is 2. The third-order valence-corrected chi connectivity index (χ3v) is 4.66. The smallest absolute Gasteiger partial charge is 0.251 e. The van der Waals surface area contributed by atoms with E-state index in [9.17, 15) is 4.79 Å². The van der Waals surface area contributed by atoms with Crippen LogP contribution in [0.5, 0.6) is 5.75 Å². The quantitative estimate of drug-likeness (QED) is 0.822. The van der Waals surface area contributed by atoms with Crippen molar-refractivity contribution in [2.75, 3.05) is 20.3 Å². The van der Waals surface area contributed by atoms with E-state index in [1.54, 1.807) is 7.11 Å². The van der Waals surface area contributed by atoms with Crippen LogP contribution >= 0.6 is 11.3 Å². The van der Waals surface area contributed by atoms with Crippen LogP contribution in [0.1, 0.15) is 19.8 Å². The average molecular weight is 320 g/mol. The molecule has 0 aliphatic heterocycles. The third kappa shape index (κ3) is 3.23. The van der Waals surface area contributed by atoms with Crippen LogP contribution in [-0.2, 0) is 16.1 Å². The van der Waals surface area contributed by atoms with Crippen molar-refractivity contribution in [3.63, 3.8) is 0 Å². The Morgan fingerprint density at radius 2 is 2.27 bits per heavy atom. The lowest BCUT2D eigenvalue weighted by atomic mass is 10.3. The van der Waals surface area contributed by atoms with Crippen molar-refractivity contribution in [1.82, 2.24) is 4.57 Å². The van der Waals surface area contributed by atoms with Gasteiger partial charge >= 0.3 is 0 Å². The van der Waals surface area contributed by atoms with Gasteiger partial charge in [-0.3, -0.25) is 4.79 Å². The molecule has 1 saturated carbocycles. The number of methoxy groups -OCH3 is 1. The number of amides is 1. The first-order valence-electron chi connectivity index (χ1n) is 7.56. The molecule has 1 fully saturated rings. The summed E-state index contributed by atoms with van der Waals surface area (Å²) in [5.41, 5.74) is 1.06. The Balaban J connectivity index is 2.05. The van der Waals surface area contributed by atoms with Gasteiger partial charge in [0.05, 0.1) is 23.4 Å². The second-order valence-electron chi connectivity index (χ2n) is 5.32. The first kappa shape index (κ1) is 15.2. The molecule has 2 aromatic rings. The van der Waals surface area contributed by atoms with E-state index in [0.717, 1.165) is 33.6 Å². The minimum absolute atomic E-state index is 0.00255. The summed E-state index contributed by atoms with van der Waals surface area (Å²) < 4.78 is 13.9. The molecule has 0 bridgehead atoms. The van der Waals surface area contributed by atoms with Gasteiger partial charge in [-0.25, -0.2) is 0 Å². The largest absolute Gasteiger partial charge is 0.494 e. The monoisotopic (exact) mass is 320 g/mol. The summed E-state index contributed by atoms with van der Waals surface area (Å²) in [4.78, 5) is 17.1. The Morgan fingerprint density at radius 3 is 2.95 bits per heavy atom. The normalized spacial score (nSPS) is 15.5. The molecule has 1 amide bonds. The molecule has 1 aliphatic carbocycles. The van der Waals surface area contributed by atoms with Crippen molar-refractivity contribution < 1.29 is 14.3 Å². The number of benzene rings is 1. The maximum Gasteiger partial charge on any atom is 0.251 e. The predicted octanol–water partition coefficient (Wildman–Crippen LogP) is 2.59. The SMILES string of the molecule is CCOc1ccc2c(c1)sc(=NC(=O)C1CC1)n2CCOC. The molecule has 1 heterocycles. The zero-order chi connectivity index (χ0) is 15.5. The predicted molar refractivity (Wildman–Crippen MR) is 86.2 cm³/mol. The number of carbonyl (C=O) groups excluding carboxylic acids is 1. The van der Waals surface area contributed by atoms with Crippen LogP contribution in [0.2, 0.25) is 0 Å². The minimum Gasteiger partial charge on any atom is -0.494 e. The van der Waals surface area contributed by atoms with E-state index in [1.807, 2.05) is 25.1 Å². The zero-order valence-corrected chi connectivity index (χ0v) is 13.7. The lowest BCUT2D eigenvalue weighted by Crippen LogP contribution is -2.19. The van der Waals surface area contributed by atoms with E-state index < -0.39 is 0 Å². The van der Waals surface area contributed by atoms with E-state index in [1.165, 1.54) is 11.3 Å². The molecule has 1 aliphatic rings. The first-order valence-corrected chi connectivity index (χ1v) is 8.38. The fourth-order valence-electron chi connectivity index (χ4n) is 2.31. The van der Waals surface area contributed by atoms with E-state index in [0.29, 0.717) is 19.8 Å². The highest BCUT2D eigenvalue weighted by Gasteiger charge is 2.29. The number of aromatic nitrogens is 1. The fourth-order valence-corrected chi connectivity index (χ4v) is 3.40. The van der Waals surface area contributed by atoms with Crippen LogP contribution in [0.25, 0.3) is 10.2 Å². The summed E-state index contributed by atoms with van der Waals surface area (Å²) in [6.07, 6.45) is 1.94. The molecular weight excluding hydrogens is 300 g/mol. The molecule has 0 atom stereocenters. The summed E-state index contributed by atoms with van der Waals surface area (Å²) in [7, 11) is 1.68. The van der Waals surface area contributed by atoms with Crippen LogP contribution in [-0.4, -0.2) is 30.8 Å². The van der Waals surface area contributed by atoms with Gasteiger partial charge in [0.1, 0.15) is 5.75 Å². The van der Waals surface area contributed by atoms with Gasteiger partial charge in [-0.1, -0.05) is 11.3 Å². The number of rotatable bonds is 6. The van der Waals surface area contributed by atoms with E-state index in [4.69, 9.17) is 9.47 Å². The summed E-state index contributed by atoms with van der Waals surface area (Å²) >= 11 is 1.53. The number of hydrogen-bond acceptors (Lipinski definition) is 4. The number of fused-ring (bicyclic) bond motifs is 1. The second kappa shape index (κ2) is 6.62. The van der Waals surface area contributed by atoms with Crippen molar-refractivity contribution in [1.29, 1.82) is 0 Å². The molecule has 6 heteroatoms. The van der Waals surface area contributed by atoms with Crippen LogP contribution in [0.4, 0.5) is 0 Å². The molecule has 118 valence electrons. The molecular formula is C16H20N2O3S. The Kier molecular flexibility index (Phi) is 4.59. The van der Waals surface area contributed by atoms with Crippen LogP contribution in [0.15, 0.2) is 23.2 Å². The van der Waals surface area contributed by atoms with Crippen molar-refractivity contribution in [3.05, 3.63) is 23.0 Å². The first-order chi connectivity index (χ1) is 10.7. The lowest BCUT2D eigenvalue weighted by molar-refractivity contribution is -0.119. The van der Waals surface area contributed by atoms with Crippen molar-refractivity contribution >= 4 is 27.5 Å². The standard InChI is InChI=1S/C16H20N2O3S/c1-3-21-12-6-7-13-14(10-12)22-16(18(13)8-9-20-2)17-15(19)11-4-5-11/h6-7,10-11H,3-5,8-9H2,1-2H3. The molecule has 3 rings (SSSR count). The summed E-state index contributed by atoms with van der Waals surface area (Å²) in [5, 5.41) is 0. The Bertz CT molecular complexity index is 743. The van der Waals surface area contributed by atoms with E-state index in [2.05, 4.69) is 9.56 Å². The summed E-state index contributed by atoms with van der Waals surface area (Å²) in [5.74, 6) is 0.984. The summed E-state index contributed by atoms with van der Waals surface area (Å²) in [6.45, 7) is 3.87. The molecule has 5 nitrogen and oxygen atoms in total. The van der Waals surface area contributed by atoms with Crippen LogP contribution < -0.4 is 9.54 Å². The number of ether oxygens (including phenoxy) is 2. The highest BCUT2D eigenvalue weighted by molar-refractivity contribution is 7.16. The van der Waals surface area contributed by atoms with Gasteiger partial charge in [-0.2, -0.15) is 4.99 Å². The molecule has 1 aromatic heterocycles. The number of thiazole rings is 1. The van der Waals surface area contributed by atoms with Gasteiger partial charge in [-0.15, -0.1) is 0 Å². The molecule has 22 heavy (non-hydrogen) atoms. The van der Waals surface area contributed by atoms with E-state index in [-0.39, 0.29) is 11.8 Å². The van der Waals surface area contributed by atoms with Gasteiger partial charge in [0.2, 0.25) is 0 Å². The van der Waals surface area contributed by atoms with Crippen LogP contribution in [0.3, 0.4) is 0 Å². The van der Waals surface area contributed by atoms with Crippen molar-refractivity contribution in [2.24, 2.45) is 10.9 Å². The molecule has 0 radical (unpaired) electrons. The minimum atomic E-state index is 0.00255. The van der Waals surface area contributed by atoms with Crippen molar-refractivity contribution in [3.8, 4) is 5.75 Å². The summed E-state index contributed by atoms with van der Waals surface area (Å²) in [6, 6.07) is 5.98. The highest BCUT2D eigenvalue weighted by Crippen LogP contribution is 2.30. The average Bonchev–Trinajstić information content (AvgIpc) is 3.29. The Hall–Kier alpha value is -1.66. The van der Waals surface area contributed by atoms with Gasteiger partial charge in [0.25, 0.3) is 5.91 Å². The molecule has 0 unspecified atom stereocenters. The lowest BCUT2D eigenvalue weighted by Gasteiger charge is -2.05. The fraction of sp³-hybridized carbons (Fsp3) is 0.500. The Morgan fingerprint density at radius 1 is 1.45 bits per heavy atom. The van der Waals surface area contributed by atoms with Gasteiger partial charge < -0.3 is 14.0 Å². The molecule has 0 saturated heterocycles. The number of carbonyl (C=O) groups is 1. The van der Waals surface area contributed by atoms with Gasteiger partial charge in [0, 0.05) is 19.6 Å². The second-order valence-corrected chi connectivity index (χ2v) is 6.33. The van der Waals surface area contributed by atoms with Gasteiger partial charge in [0.15, 0.2) is 4.80 Å². The molecule has 0 spiro atoms. The molecule has 0 N–H and O–H groups in total.